The minimum absolute atomic E-state index is 0.000432. The zero-order valence-corrected chi connectivity index (χ0v) is 22.8. The third kappa shape index (κ3) is 6.77. The smallest absolute Gasteiger partial charge is 0.369 e. The molecule has 2 aliphatic heterocycles. The molecule has 0 spiro atoms. The van der Waals surface area contributed by atoms with Crippen molar-refractivity contribution in [3.05, 3.63) is 76.7 Å². The standard InChI is InChI=1S/C27H25F7N6O4/c1-38-9-8-19(13-35-38)36-24(43)37-21-7-4-17(12-20(21)28)23(42)40-11-10-39(22(41)15-40)14-16-2-5-18(6-3-16)25(44,26(29,30)31)27(32,33)34/h2-8,12-13,44H,9-11,14-15H2,1H3,(H2,36,37,43). The predicted molar refractivity (Wildman–Crippen MR) is 142 cm³/mol. The number of aliphatic hydroxyl groups is 1. The number of likely N-dealkylation sites (N-methyl/N-ethyl adjacent to an activating group) is 1. The number of halogens is 7. The highest BCUT2D eigenvalue weighted by Gasteiger charge is 2.71. The molecule has 10 nitrogen and oxygen atoms in total. The highest BCUT2D eigenvalue weighted by molar-refractivity contribution is 5.98. The van der Waals surface area contributed by atoms with Crippen LogP contribution >= 0.6 is 0 Å². The van der Waals surface area contributed by atoms with Crippen LogP contribution in [0.2, 0.25) is 0 Å². The van der Waals surface area contributed by atoms with E-state index in [1.807, 2.05) is 0 Å². The Balaban J connectivity index is 1.34. The minimum atomic E-state index is -6.03. The number of benzene rings is 2. The van der Waals surface area contributed by atoms with Gasteiger partial charge < -0.3 is 25.5 Å². The summed E-state index contributed by atoms with van der Waals surface area (Å²) < 4.78 is 93.4. The molecular formula is C27H25F7N6O4. The summed E-state index contributed by atoms with van der Waals surface area (Å²) in [5, 5.41) is 20.0. The highest BCUT2D eigenvalue weighted by atomic mass is 19.4. The summed E-state index contributed by atoms with van der Waals surface area (Å²) >= 11 is 0. The molecule has 0 unspecified atom stereocenters. The van der Waals surface area contributed by atoms with Crippen LogP contribution in [0.4, 0.5) is 41.2 Å². The number of nitrogens with one attached hydrogen (secondary N) is 2. The number of hydrogen-bond donors (Lipinski definition) is 3. The maximum Gasteiger partial charge on any atom is 0.430 e. The summed E-state index contributed by atoms with van der Waals surface area (Å²) in [5.74, 6) is -2.16. The van der Waals surface area contributed by atoms with Gasteiger partial charge in [-0.2, -0.15) is 31.4 Å². The Hall–Kier alpha value is -4.67. The number of hydrogen-bond acceptors (Lipinski definition) is 6. The lowest BCUT2D eigenvalue weighted by Crippen LogP contribution is -2.54. The first-order valence-corrected chi connectivity index (χ1v) is 12.8. The number of anilines is 1. The summed E-state index contributed by atoms with van der Waals surface area (Å²) in [6.07, 6.45) is -8.95. The third-order valence-corrected chi connectivity index (χ3v) is 6.86. The van der Waals surface area contributed by atoms with Crippen molar-refractivity contribution in [2.45, 2.75) is 24.5 Å². The number of amides is 4. The second-order valence-electron chi connectivity index (χ2n) is 9.96. The number of carbonyl (C=O) groups excluding carboxylic acids is 3. The first kappa shape index (κ1) is 32.2. The fourth-order valence-electron chi connectivity index (χ4n) is 4.40. The van der Waals surface area contributed by atoms with Gasteiger partial charge in [0.05, 0.1) is 24.1 Å². The number of urea groups is 1. The van der Waals surface area contributed by atoms with E-state index in [1.165, 1.54) is 23.2 Å². The predicted octanol–water partition coefficient (Wildman–Crippen LogP) is 3.56. The first-order chi connectivity index (χ1) is 20.5. The molecule has 2 aliphatic rings. The van der Waals surface area contributed by atoms with Crippen LogP contribution in [0.3, 0.4) is 0 Å². The second kappa shape index (κ2) is 12.1. The molecule has 4 rings (SSSR count). The van der Waals surface area contributed by atoms with Gasteiger partial charge in [-0.1, -0.05) is 24.3 Å². The summed E-state index contributed by atoms with van der Waals surface area (Å²) in [7, 11) is 1.73. The Morgan fingerprint density at radius 2 is 1.64 bits per heavy atom. The molecule has 2 aromatic carbocycles. The van der Waals surface area contributed by atoms with Crippen LogP contribution < -0.4 is 10.6 Å². The molecule has 0 atom stereocenters. The molecule has 0 bridgehead atoms. The minimum Gasteiger partial charge on any atom is -0.369 e. The number of nitrogens with zero attached hydrogens (tertiary/aromatic N) is 4. The Morgan fingerprint density at radius 1 is 0.977 bits per heavy atom. The van der Waals surface area contributed by atoms with E-state index in [-0.39, 0.29) is 36.4 Å². The summed E-state index contributed by atoms with van der Waals surface area (Å²) in [6, 6.07) is 5.43. The lowest BCUT2D eigenvalue weighted by atomic mass is 9.91. The molecular weight excluding hydrogens is 605 g/mol. The normalized spacial score (nSPS) is 16.2. The van der Waals surface area contributed by atoms with E-state index in [4.69, 9.17) is 0 Å². The van der Waals surface area contributed by atoms with Crippen LogP contribution in [-0.4, -0.2) is 89.6 Å². The van der Waals surface area contributed by atoms with E-state index in [1.54, 1.807) is 18.1 Å². The largest absolute Gasteiger partial charge is 0.430 e. The molecule has 236 valence electrons. The molecule has 1 fully saturated rings. The van der Waals surface area contributed by atoms with Gasteiger partial charge in [0, 0.05) is 37.8 Å². The van der Waals surface area contributed by atoms with Gasteiger partial charge in [-0.15, -0.1) is 0 Å². The van der Waals surface area contributed by atoms with Crippen molar-refractivity contribution >= 4 is 29.7 Å². The molecule has 2 aromatic rings. The van der Waals surface area contributed by atoms with Crippen LogP contribution in [0.1, 0.15) is 21.5 Å². The van der Waals surface area contributed by atoms with Gasteiger partial charge in [0.1, 0.15) is 12.4 Å². The molecule has 1 saturated heterocycles. The zero-order chi connectivity index (χ0) is 32.4. The quantitative estimate of drug-likeness (QED) is 0.423. The summed E-state index contributed by atoms with van der Waals surface area (Å²) in [4.78, 5) is 40.2. The number of carbonyl (C=O) groups is 3. The second-order valence-corrected chi connectivity index (χ2v) is 9.96. The Bertz CT molecular complexity index is 1480. The molecule has 17 heteroatoms. The Kier molecular flexibility index (Phi) is 8.90. The third-order valence-electron chi connectivity index (χ3n) is 6.86. The molecule has 2 heterocycles. The number of allylic oxidation sites excluding steroid dienone is 1. The zero-order valence-electron chi connectivity index (χ0n) is 22.8. The van der Waals surface area contributed by atoms with Crippen molar-refractivity contribution in [2.24, 2.45) is 5.10 Å². The fraction of sp³-hybridized carbons (Fsp3) is 0.333. The highest BCUT2D eigenvalue weighted by Crippen LogP contribution is 2.50. The average Bonchev–Trinajstić information content (AvgIpc) is 2.95. The van der Waals surface area contributed by atoms with Gasteiger partial charge in [0.2, 0.25) is 5.91 Å². The van der Waals surface area contributed by atoms with Gasteiger partial charge in [-0.05, 0) is 29.8 Å². The number of hydrazone groups is 1. The van der Waals surface area contributed by atoms with Crippen molar-refractivity contribution in [3.8, 4) is 0 Å². The van der Waals surface area contributed by atoms with Crippen molar-refractivity contribution in [3.63, 3.8) is 0 Å². The van der Waals surface area contributed by atoms with Gasteiger partial charge in [-0.3, -0.25) is 14.6 Å². The molecule has 4 amide bonds. The van der Waals surface area contributed by atoms with Gasteiger partial charge in [0.25, 0.3) is 11.5 Å². The molecule has 0 radical (unpaired) electrons. The topological polar surface area (TPSA) is 118 Å². The van der Waals surface area contributed by atoms with Crippen molar-refractivity contribution < 1.29 is 50.2 Å². The summed E-state index contributed by atoms with van der Waals surface area (Å²) in [6.45, 7) is -0.176. The van der Waals surface area contributed by atoms with Crippen LogP contribution in [0.15, 0.2) is 59.3 Å². The van der Waals surface area contributed by atoms with E-state index in [0.29, 0.717) is 24.4 Å². The van der Waals surface area contributed by atoms with Crippen LogP contribution in [-0.2, 0) is 16.9 Å². The van der Waals surface area contributed by atoms with Crippen molar-refractivity contribution in [1.29, 1.82) is 0 Å². The van der Waals surface area contributed by atoms with E-state index in [9.17, 15) is 50.2 Å². The number of alkyl halides is 6. The average molecular weight is 631 g/mol. The van der Waals surface area contributed by atoms with Crippen molar-refractivity contribution in [1.82, 2.24) is 20.1 Å². The van der Waals surface area contributed by atoms with Gasteiger partial charge >= 0.3 is 18.4 Å². The fourth-order valence-corrected chi connectivity index (χ4v) is 4.40. The SMILES string of the molecule is CN1CC=C(NC(=O)Nc2ccc(C(=O)N3CCN(Cc4ccc(C(O)(C(F)(F)F)C(F)(F)F)cc4)C(=O)C3)cc2F)C=N1. The maximum absolute atomic E-state index is 14.7. The molecule has 0 aromatic heterocycles. The van der Waals surface area contributed by atoms with Crippen molar-refractivity contribution in [2.75, 3.05) is 38.5 Å². The Morgan fingerprint density at radius 3 is 2.18 bits per heavy atom. The molecule has 3 N–H and O–H groups in total. The monoisotopic (exact) mass is 630 g/mol. The van der Waals surface area contributed by atoms with Crippen LogP contribution in [0.25, 0.3) is 0 Å². The van der Waals surface area contributed by atoms with E-state index < -0.39 is 53.7 Å². The lowest BCUT2D eigenvalue weighted by molar-refractivity contribution is -0.376. The molecule has 0 aliphatic carbocycles. The maximum atomic E-state index is 14.7. The first-order valence-electron chi connectivity index (χ1n) is 12.8. The van der Waals surface area contributed by atoms with Gasteiger partial charge in [-0.25, -0.2) is 9.18 Å². The van der Waals surface area contributed by atoms with Crippen LogP contribution in [0.5, 0.6) is 0 Å². The number of piperazine rings is 1. The van der Waals surface area contributed by atoms with Gasteiger partial charge in [0.15, 0.2) is 0 Å². The van der Waals surface area contributed by atoms with Crippen LogP contribution in [0, 0.1) is 5.82 Å². The summed E-state index contributed by atoms with van der Waals surface area (Å²) in [5.41, 5.74) is -6.22. The lowest BCUT2D eigenvalue weighted by Gasteiger charge is -2.35. The Labute approximate surface area is 245 Å². The molecule has 0 saturated carbocycles. The van der Waals surface area contributed by atoms with E-state index in [2.05, 4.69) is 15.7 Å². The van der Waals surface area contributed by atoms with E-state index >= 15 is 0 Å². The van der Waals surface area contributed by atoms with E-state index in [0.717, 1.165) is 23.1 Å². The number of rotatable bonds is 6. The molecule has 44 heavy (non-hydrogen) atoms.